The van der Waals surface area contributed by atoms with Crippen molar-refractivity contribution in [1.29, 1.82) is 0 Å². The number of benzene rings is 2. The van der Waals surface area contributed by atoms with Gasteiger partial charge in [-0.05, 0) is 48.9 Å². The van der Waals surface area contributed by atoms with E-state index in [-0.39, 0.29) is 18.1 Å². The molecule has 2 aromatic carbocycles. The number of amides is 1. The van der Waals surface area contributed by atoms with Crippen LogP contribution in [-0.4, -0.2) is 16.1 Å². The lowest BCUT2D eigenvalue weighted by molar-refractivity contribution is -0.116. The fraction of sp³-hybridized carbons (Fsp3) is 0.167. The zero-order valence-electron chi connectivity index (χ0n) is 13.4. The molecule has 0 radical (unpaired) electrons. The maximum absolute atomic E-state index is 12.9. The van der Waals surface area contributed by atoms with Crippen molar-refractivity contribution in [3.63, 3.8) is 0 Å². The Balaban J connectivity index is 1.57. The van der Waals surface area contributed by atoms with E-state index in [4.69, 9.17) is 16.0 Å². The number of aryl methyl sites for hydroxylation is 2. The first-order valence-electron chi connectivity index (χ1n) is 7.65. The smallest absolute Gasteiger partial charge is 0.247 e. The summed E-state index contributed by atoms with van der Waals surface area (Å²) >= 11 is 6.03. The Labute approximate surface area is 148 Å². The predicted molar refractivity (Wildman–Crippen MR) is 92.8 cm³/mol. The molecule has 0 saturated heterocycles. The van der Waals surface area contributed by atoms with Gasteiger partial charge < -0.3 is 9.73 Å². The van der Waals surface area contributed by atoms with Gasteiger partial charge in [0.1, 0.15) is 5.82 Å². The van der Waals surface area contributed by atoms with Gasteiger partial charge in [0.2, 0.25) is 17.7 Å². The van der Waals surface area contributed by atoms with Gasteiger partial charge >= 0.3 is 0 Å². The van der Waals surface area contributed by atoms with Gasteiger partial charge in [0.25, 0.3) is 0 Å². The van der Waals surface area contributed by atoms with E-state index in [0.717, 1.165) is 5.56 Å². The van der Waals surface area contributed by atoms with Crippen LogP contribution < -0.4 is 5.32 Å². The summed E-state index contributed by atoms with van der Waals surface area (Å²) in [5.74, 6) is 0.120. The zero-order valence-corrected chi connectivity index (χ0v) is 14.2. The van der Waals surface area contributed by atoms with Crippen LogP contribution in [0.15, 0.2) is 46.9 Å². The van der Waals surface area contributed by atoms with Gasteiger partial charge in [-0.3, -0.25) is 4.79 Å². The summed E-state index contributed by atoms with van der Waals surface area (Å²) in [6.07, 6.45) is 0.496. The number of nitrogens with one attached hydrogen (secondary N) is 1. The zero-order chi connectivity index (χ0) is 17.8. The molecule has 0 bridgehead atoms. The molecular weight excluding hydrogens is 345 g/mol. The molecule has 1 heterocycles. The van der Waals surface area contributed by atoms with Crippen molar-refractivity contribution in [1.82, 2.24) is 10.2 Å². The number of hydrogen-bond acceptors (Lipinski definition) is 4. The summed E-state index contributed by atoms with van der Waals surface area (Å²) in [7, 11) is 0. The Hall–Kier alpha value is -2.73. The highest BCUT2D eigenvalue weighted by atomic mass is 35.5. The maximum Gasteiger partial charge on any atom is 0.247 e. The summed E-state index contributed by atoms with van der Waals surface area (Å²) in [5.41, 5.74) is 2.20. The molecule has 0 unspecified atom stereocenters. The van der Waals surface area contributed by atoms with E-state index in [0.29, 0.717) is 34.5 Å². The molecule has 0 aliphatic carbocycles. The lowest BCUT2D eigenvalue weighted by Gasteiger charge is -2.06. The van der Waals surface area contributed by atoms with Gasteiger partial charge in [0.15, 0.2) is 0 Å². The summed E-state index contributed by atoms with van der Waals surface area (Å²) in [5, 5.41) is 11.2. The third-order valence-corrected chi connectivity index (χ3v) is 3.99. The van der Waals surface area contributed by atoms with Gasteiger partial charge in [-0.2, -0.15) is 0 Å². The van der Waals surface area contributed by atoms with Crippen molar-refractivity contribution in [3.8, 4) is 11.5 Å². The van der Waals surface area contributed by atoms with Crippen LogP contribution in [0.25, 0.3) is 11.5 Å². The first-order valence-corrected chi connectivity index (χ1v) is 8.03. The molecule has 128 valence electrons. The Morgan fingerprint density at radius 2 is 1.96 bits per heavy atom. The second kappa shape index (κ2) is 7.44. The summed E-state index contributed by atoms with van der Waals surface area (Å²) in [4.78, 5) is 12.0. The van der Waals surface area contributed by atoms with E-state index in [1.807, 2.05) is 13.0 Å². The second-order valence-corrected chi connectivity index (χ2v) is 5.93. The molecule has 0 aliphatic rings. The van der Waals surface area contributed by atoms with Gasteiger partial charge in [-0.25, -0.2) is 4.39 Å². The molecule has 0 aliphatic heterocycles. The number of aromatic nitrogens is 2. The van der Waals surface area contributed by atoms with Crippen LogP contribution in [0.1, 0.15) is 17.9 Å². The fourth-order valence-corrected chi connectivity index (χ4v) is 2.36. The number of rotatable bonds is 5. The fourth-order valence-electron chi connectivity index (χ4n) is 2.18. The molecule has 3 rings (SSSR count). The van der Waals surface area contributed by atoms with Gasteiger partial charge in [0, 0.05) is 29.1 Å². The van der Waals surface area contributed by atoms with Crippen molar-refractivity contribution in [2.45, 2.75) is 19.8 Å². The maximum atomic E-state index is 12.9. The van der Waals surface area contributed by atoms with Crippen molar-refractivity contribution in [2.75, 3.05) is 5.32 Å². The average Bonchev–Trinajstić information content (AvgIpc) is 3.06. The van der Waals surface area contributed by atoms with E-state index in [2.05, 4.69) is 15.5 Å². The van der Waals surface area contributed by atoms with Crippen LogP contribution >= 0.6 is 11.6 Å². The van der Waals surface area contributed by atoms with E-state index in [1.165, 1.54) is 12.1 Å². The molecule has 7 heteroatoms. The lowest BCUT2D eigenvalue weighted by atomic mass is 10.2. The van der Waals surface area contributed by atoms with Crippen LogP contribution in [-0.2, 0) is 11.2 Å². The van der Waals surface area contributed by atoms with E-state index in [1.54, 1.807) is 24.3 Å². The van der Waals surface area contributed by atoms with Crippen molar-refractivity contribution in [3.05, 3.63) is 64.8 Å². The number of anilines is 1. The number of halogens is 2. The van der Waals surface area contributed by atoms with E-state index < -0.39 is 0 Å². The van der Waals surface area contributed by atoms with Crippen LogP contribution in [0.4, 0.5) is 10.1 Å². The average molecular weight is 360 g/mol. The Kier molecular flexibility index (Phi) is 5.09. The van der Waals surface area contributed by atoms with Gasteiger partial charge in [0.05, 0.1) is 0 Å². The van der Waals surface area contributed by atoms with E-state index in [9.17, 15) is 9.18 Å². The molecule has 3 aromatic rings. The van der Waals surface area contributed by atoms with Crippen molar-refractivity contribution >= 4 is 23.2 Å². The number of carbonyl (C=O) groups is 1. The minimum atomic E-state index is -0.337. The number of hydrogen-bond donors (Lipinski definition) is 1. The number of nitrogens with zero attached hydrogens (tertiary/aromatic N) is 2. The molecule has 25 heavy (non-hydrogen) atoms. The van der Waals surface area contributed by atoms with E-state index >= 15 is 0 Å². The molecule has 0 saturated carbocycles. The first kappa shape index (κ1) is 17.1. The molecule has 0 fully saturated rings. The van der Waals surface area contributed by atoms with Crippen LogP contribution in [0.3, 0.4) is 0 Å². The molecule has 0 spiro atoms. The quantitative estimate of drug-likeness (QED) is 0.732. The predicted octanol–water partition coefficient (Wildman–Crippen LogP) is 4.41. The Bertz CT molecular complexity index is 894. The molecule has 1 aromatic heterocycles. The largest absolute Gasteiger partial charge is 0.421 e. The van der Waals surface area contributed by atoms with Crippen LogP contribution in [0.5, 0.6) is 0 Å². The van der Waals surface area contributed by atoms with Crippen LogP contribution in [0.2, 0.25) is 5.02 Å². The monoisotopic (exact) mass is 359 g/mol. The molecule has 1 N–H and O–H groups in total. The highest BCUT2D eigenvalue weighted by Gasteiger charge is 2.11. The highest BCUT2D eigenvalue weighted by Crippen LogP contribution is 2.21. The second-order valence-electron chi connectivity index (χ2n) is 5.52. The third kappa shape index (κ3) is 4.42. The lowest BCUT2D eigenvalue weighted by Crippen LogP contribution is -2.12. The summed E-state index contributed by atoms with van der Waals surface area (Å²) < 4.78 is 18.4. The highest BCUT2D eigenvalue weighted by molar-refractivity contribution is 6.31. The Morgan fingerprint density at radius 1 is 1.20 bits per heavy atom. The molecular formula is C18H15ClFN3O2. The standard InChI is InChI=1S/C18H15ClFN3O2/c1-11-2-7-14(10-15(11)19)21-16(24)8-9-17-22-23-18(25-17)12-3-5-13(20)6-4-12/h2-7,10H,8-9H2,1H3,(H,21,24). The SMILES string of the molecule is Cc1ccc(NC(=O)CCc2nnc(-c3ccc(F)cc3)o2)cc1Cl. The molecule has 1 amide bonds. The summed E-state index contributed by atoms with van der Waals surface area (Å²) in [6.45, 7) is 1.89. The van der Waals surface area contributed by atoms with Crippen LogP contribution in [0, 0.1) is 12.7 Å². The first-order chi connectivity index (χ1) is 12.0. The molecule has 5 nitrogen and oxygen atoms in total. The minimum Gasteiger partial charge on any atom is -0.421 e. The summed E-state index contributed by atoms with van der Waals surface area (Å²) in [6, 6.07) is 11.1. The van der Waals surface area contributed by atoms with Gasteiger partial charge in [-0.15, -0.1) is 10.2 Å². The third-order valence-electron chi connectivity index (χ3n) is 3.58. The topological polar surface area (TPSA) is 68.0 Å². The Morgan fingerprint density at radius 3 is 2.68 bits per heavy atom. The number of carbonyl (C=O) groups excluding carboxylic acids is 1. The van der Waals surface area contributed by atoms with Crippen molar-refractivity contribution in [2.24, 2.45) is 0 Å². The minimum absolute atomic E-state index is 0.179. The molecule has 0 atom stereocenters. The van der Waals surface area contributed by atoms with Gasteiger partial charge in [-0.1, -0.05) is 17.7 Å². The van der Waals surface area contributed by atoms with Crippen molar-refractivity contribution < 1.29 is 13.6 Å². The normalized spacial score (nSPS) is 10.7.